The average Bonchev–Trinajstić information content (AvgIpc) is 2.72. The lowest BCUT2D eigenvalue weighted by Gasteiger charge is -2.23. The van der Waals surface area contributed by atoms with Crippen molar-refractivity contribution in [3.8, 4) is 0 Å². The van der Waals surface area contributed by atoms with E-state index in [9.17, 15) is 28.8 Å². The third-order valence-corrected chi connectivity index (χ3v) is 4.17. The van der Waals surface area contributed by atoms with Crippen molar-refractivity contribution in [2.75, 3.05) is 19.6 Å². The predicted octanol–water partition coefficient (Wildman–Crippen LogP) is -3.99. The van der Waals surface area contributed by atoms with E-state index in [1.54, 1.807) is 0 Å². The molecule has 0 aliphatic heterocycles. The lowest BCUT2D eigenvalue weighted by atomic mass is 10.1. The van der Waals surface area contributed by atoms with Crippen LogP contribution in [0.15, 0.2) is 0 Å². The first-order chi connectivity index (χ1) is 15.0. The van der Waals surface area contributed by atoms with Crippen LogP contribution in [0.2, 0.25) is 0 Å². The van der Waals surface area contributed by atoms with Gasteiger partial charge in [0.25, 0.3) is 0 Å². The van der Waals surface area contributed by atoms with Crippen molar-refractivity contribution < 1.29 is 33.9 Å². The number of carbonyl (C=O) groups is 6. The minimum atomic E-state index is -1.26. The number of primary amides is 1. The second kappa shape index (κ2) is 15.5. The topological polar surface area (TPSA) is 249 Å². The van der Waals surface area contributed by atoms with E-state index in [2.05, 4.69) is 21.3 Å². The minimum absolute atomic E-state index is 0.152. The highest BCUT2D eigenvalue weighted by Crippen LogP contribution is 2.04. The third-order valence-electron chi connectivity index (χ3n) is 4.17. The van der Waals surface area contributed by atoms with E-state index < -0.39 is 66.7 Å². The Hall–Kier alpha value is -3.26. The highest BCUT2D eigenvalue weighted by atomic mass is 16.4. The summed E-state index contributed by atoms with van der Waals surface area (Å²) in [5, 5.41) is 17.8. The summed E-state index contributed by atoms with van der Waals surface area (Å²) in [6.07, 6.45) is 0.988. The zero-order valence-electron chi connectivity index (χ0n) is 18.0. The SMILES string of the molecule is CC(N)C(=O)NC(CCCCN)C(=O)NC(CCC(N)=O)C(=O)NCC(=O)NCC(=O)O. The number of rotatable bonds is 16. The van der Waals surface area contributed by atoms with Gasteiger partial charge in [-0.3, -0.25) is 28.8 Å². The molecule has 3 unspecified atom stereocenters. The van der Waals surface area contributed by atoms with Crippen molar-refractivity contribution in [3.63, 3.8) is 0 Å². The van der Waals surface area contributed by atoms with E-state index in [4.69, 9.17) is 22.3 Å². The molecule has 0 aliphatic carbocycles. The number of carboxylic acid groups (broad SMARTS) is 1. The van der Waals surface area contributed by atoms with Gasteiger partial charge in [0, 0.05) is 6.42 Å². The fourth-order valence-electron chi connectivity index (χ4n) is 2.42. The molecule has 0 aromatic rings. The van der Waals surface area contributed by atoms with Gasteiger partial charge >= 0.3 is 5.97 Å². The number of hydrogen-bond acceptors (Lipinski definition) is 8. The van der Waals surface area contributed by atoms with E-state index in [-0.39, 0.29) is 19.3 Å². The van der Waals surface area contributed by atoms with Crippen LogP contribution in [0.25, 0.3) is 0 Å². The van der Waals surface area contributed by atoms with E-state index in [1.807, 2.05) is 0 Å². The van der Waals surface area contributed by atoms with Crippen LogP contribution in [0, 0.1) is 0 Å². The van der Waals surface area contributed by atoms with Gasteiger partial charge < -0.3 is 43.6 Å². The Bertz CT molecular complexity index is 685. The maximum absolute atomic E-state index is 12.7. The summed E-state index contributed by atoms with van der Waals surface area (Å²) in [5.74, 6) is -4.76. The Labute approximate surface area is 185 Å². The van der Waals surface area contributed by atoms with Gasteiger partial charge in [0.1, 0.15) is 18.6 Å². The summed E-state index contributed by atoms with van der Waals surface area (Å²) in [6, 6.07) is -3.09. The molecule has 0 saturated carbocycles. The maximum atomic E-state index is 12.7. The highest BCUT2D eigenvalue weighted by Gasteiger charge is 2.27. The summed E-state index contributed by atoms with van der Waals surface area (Å²) in [5.41, 5.74) is 16.1. The smallest absolute Gasteiger partial charge is 0.322 e. The average molecular weight is 460 g/mol. The van der Waals surface area contributed by atoms with E-state index in [1.165, 1.54) is 6.92 Å². The molecule has 182 valence electrons. The lowest BCUT2D eigenvalue weighted by Crippen LogP contribution is -2.56. The van der Waals surface area contributed by atoms with Crippen LogP contribution in [0.3, 0.4) is 0 Å². The van der Waals surface area contributed by atoms with E-state index >= 15 is 0 Å². The molecular weight excluding hydrogens is 426 g/mol. The molecule has 0 fully saturated rings. The van der Waals surface area contributed by atoms with Crippen molar-refractivity contribution in [2.45, 2.75) is 57.2 Å². The number of carbonyl (C=O) groups excluding carboxylic acids is 5. The minimum Gasteiger partial charge on any atom is -0.480 e. The maximum Gasteiger partial charge on any atom is 0.322 e. The molecule has 0 spiro atoms. The van der Waals surface area contributed by atoms with Crippen molar-refractivity contribution in [1.82, 2.24) is 21.3 Å². The van der Waals surface area contributed by atoms with Crippen LogP contribution in [0.4, 0.5) is 0 Å². The molecular formula is C18H33N7O7. The number of nitrogens with two attached hydrogens (primary N) is 3. The zero-order chi connectivity index (χ0) is 24.7. The normalized spacial score (nSPS) is 13.2. The molecule has 14 heteroatoms. The fourth-order valence-corrected chi connectivity index (χ4v) is 2.42. The first kappa shape index (κ1) is 28.7. The Morgan fingerprint density at radius 3 is 1.97 bits per heavy atom. The number of carboxylic acids is 1. The first-order valence-electron chi connectivity index (χ1n) is 10.1. The van der Waals surface area contributed by atoms with Crippen LogP contribution in [0.5, 0.6) is 0 Å². The van der Waals surface area contributed by atoms with Crippen molar-refractivity contribution in [1.29, 1.82) is 0 Å². The predicted molar refractivity (Wildman–Crippen MR) is 112 cm³/mol. The van der Waals surface area contributed by atoms with E-state index in [0.717, 1.165) is 0 Å². The fraction of sp³-hybridized carbons (Fsp3) is 0.667. The Kier molecular flexibility index (Phi) is 13.9. The van der Waals surface area contributed by atoms with Gasteiger partial charge in [-0.1, -0.05) is 0 Å². The molecule has 0 bridgehead atoms. The van der Waals surface area contributed by atoms with Crippen LogP contribution >= 0.6 is 0 Å². The molecule has 0 radical (unpaired) electrons. The van der Waals surface area contributed by atoms with Crippen LogP contribution in [-0.2, 0) is 28.8 Å². The van der Waals surface area contributed by atoms with Gasteiger partial charge in [0.2, 0.25) is 29.5 Å². The second-order valence-electron chi connectivity index (χ2n) is 7.09. The third kappa shape index (κ3) is 13.1. The molecule has 0 aliphatic rings. The number of hydrogen-bond donors (Lipinski definition) is 8. The molecule has 0 saturated heterocycles. The first-order valence-corrected chi connectivity index (χ1v) is 10.1. The van der Waals surface area contributed by atoms with Crippen LogP contribution in [0.1, 0.15) is 39.0 Å². The summed E-state index contributed by atoms with van der Waals surface area (Å²) < 4.78 is 0. The largest absolute Gasteiger partial charge is 0.480 e. The molecule has 32 heavy (non-hydrogen) atoms. The van der Waals surface area contributed by atoms with Crippen molar-refractivity contribution in [2.24, 2.45) is 17.2 Å². The molecule has 3 atom stereocenters. The molecule has 0 heterocycles. The quantitative estimate of drug-likeness (QED) is 0.105. The number of unbranched alkanes of at least 4 members (excludes halogenated alkanes) is 1. The zero-order valence-corrected chi connectivity index (χ0v) is 18.0. The molecule has 14 nitrogen and oxygen atoms in total. The second-order valence-corrected chi connectivity index (χ2v) is 7.09. The number of nitrogens with one attached hydrogen (secondary N) is 4. The molecule has 0 rings (SSSR count). The molecule has 11 N–H and O–H groups in total. The molecule has 0 aromatic carbocycles. The van der Waals surface area contributed by atoms with Crippen LogP contribution < -0.4 is 38.5 Å². The van der Waals surface area contributed by atoms with Gasteiger partial charge in [-0.25, -0.2) is 0 Å². The Balaban J connectivity index is 5.17. The van der Waals surface area contributed by atoms with Crippen molar-refractivity contribution in [3.05, 3.63) is 0 Å². The van der Waals surface area contributed by atoms with Crippen molar-refractivity contribution >= 4 is 35.5 Å². The molecule has 0 aromatic heterocycles. The van der Waals surface area contributed by atoms with Gasteiger partial charge in [-0.05, 0) is 39.2 Å². The van der Waals surface area contributed by atoms with Crippen LogP contribution in [-0.4, -0.2) is 78.4 Å². The summed E-state index contributed by atoms with van der Waals surface area (Å²) in [4.78, 5) is 70.3. The highest BCUT2D eigenvalue weighted by molar-refractivity contribution is 5.94. The summed E-state index contributed by atoms with van der Waals surface area (Å²) in [7, 11) is 0. The summed E-state index contributed by atoms with van der Waals surface area (Å²) >= 11 is 0. The number of aliphatic carboxylic acids is 1. The number of amides is 5. The lowest BCUT2D eigenvalue weighted by molar-refractivity contribution is -0.138. The van der Waals surface area contributed by atoms with Gasteiger partial charge in [0.15, 0.2) is 0 Å². The standard InChI is InChI=1S/C18H33N7O7/c1-10(20)16(30)24-11(4-2-3-7-19)18(32)25-12(5-6-13(21)26)17(31)23-8-14(27)22-9-15(28)29/h10-12H,2-9,19-20H2,1H3,(H2,21,26)(H,22,27)(H,23,31)(H,24,30)(H,25,32)(H,28,29). The van der Waals surface area contributed by atoms with Gasteiger partial charge in [-0.15, -0.1) is 0 Å². The summed E-state index contributed by atoms with van der Waals surface area (Å²) in [6.45, 7) is 0.669. The Morgan fingerprint density at radius 1 is 0.844 bits per heavy atom. The molecule has 5 amide bonds. The monoisotopic (exact) mass is 459 g/mol. The van der Waals surface area contributed by atoms with Gasteiger partial charge in [0.05, 0.1) is 12.6 Å². The Morgan fingerprint density at radius 2 is 1.44 bits per heavy atom. The van der Waals surface area contributed by atoms with Gasteiger partial charge in [-0.2, -0.15) is 0 Å². The van der Waals surface area contributed by atoms with E-state index in [0.29, 0.717) is 19.4 Å².